The highest BCUT2D eigenvalue weighted by molar-refractivity contribution is 5.81. The van der Waals surface area contributed by atoms with E-state index in [1.165, 1.54) is 4.90 Å². The molecule has 1 saturated carbocycles. The molecule has 1 aliphatic heterocycles. The summed E-state index contributed by atoms with van der Waals surface area (Å²) < 4.78 is 13.2. The lowest BCUT2D eigenvalue weighted by Crippen LogP contribution is -2.43. The average Bonchev–Trinajstić information content (AvgIpc) is 2.83. The quantitative estimate of drug-likeness (QED) is 0.709. The van der Waals surface area contributed by atoms with E-state index in [0.29, 0.717) is 0 Å². The summed E-state index contributed by atoms with van der Waals surface area (Å²) >= 11 is 0. The zero-order valence-electron chi connectivity index (χ0n) is 9.10. The van der Waals surface area contributed by atoms with Crippen molar-refractivity contribution in [3.8, 4) is 6.07 Å². The maximum absolute atomic E-state index is 13.2. The standard InChI is InChI=1S/C11H16FN3O/c12-7-4-8(5-13)15(6-7)11(16)9-2-1-3-10(9)14/h7-10H,1-4,6,14H2/t7-,8-,9+,10-/m0/s1. The van der Waals surface area contributed by atoms with Gasteiger partial charge in [-0.25, -0.2) is 4.39 Å². The van der Waals surface area contributed by atoms with Crippen LogP contribution in [0.3, 0.4) is 0 Å². The first kappa shape index (κ1) is 11.3. The van der Waals surface area contributed by atoms with Crippen LogP contribution < -0.4 is 5.73 Å². The van der Waals surface area contributed by atoms with E-state index in [2.05, 4.69) is 0 Å². The van der Waals surface area contributed by atoms with Gasteiger partial charge in [-0.05, 0) is 12.8 Å². The van der Waals surface area contributed by atoms with Crippen molar-refractivity contribution in [3.63, 3.8) is 0 Å². The number of nitriles is 1. The van der Waals surface area contributed by atoms with Gasteiger partial charge in [-0.15, -0.1) is 0 Å². The van der Waals surface area contributed by atoms with Gasteiger partial charge in [0.25, 0.3) is 0 Å². The zero-order chi connectivity index (χ0) is 11.7. The summed E-state index contributed by atoms with van der Waals surface area (Å²) in [7, 11) is 0. The lowest BCUT2D eigenvalue weighted by Gasteiger charge is -2.24. The zero-order valence-corrected chi connectivity index (χ0v) is 9.10. The Kier molecular flexibility index (Phi) is 3.10. The van der Waals surface area contributed by atoms with Gasteiger partial charge < -0.3 is 10.6 Å². The van der Waals surface area contributed by atoms with Crippen LogP contribution in [0.4, 0.5) is 4.39 Å². The summed E-state index contributed by atoms with van der Waals surface area (Å²) in [6, 6.07) is 1.27. The second-order valence-corrected chi connectivity index (χ2v) is 4.67. The number of carbonyl (C=O) groups excluding carboxylic acids is 1. The number of nitrogens with two attached hydrogens (primary N) is 1. The van der Waals surface area contributed by atoms with Crippen molar-refractivity contribution < 1.29 is 9.18 Å². The molecule has 5 heteroatoms. The Hall–Kier alpha value is -1.15. The van der Waals surface area contributed by atoms with E-state index < -0.39 is 12.2 Å². The number of likely N-dealkylation sites (tertiary alicyclic amines) is 1. The second kappa shape index (κ2) is 4.38. The topological polar surface area (TPSA) is 70.1 Å². The number of halogens is 1. The molecule has 1 amide bonds. The lowest BCUT2D eigenvalue weighted by atomic mass is 10.0. The van der Waals surface area contributed by atoms with Crippen molar-refractivity contribution in [3.05, 3.63) is 0 Å². The van der Waals surface area contributed by atoms with Crippen LogP contribution in [0.1, 0.15) is 25.7 Å². The van der Waals surface area contributed by atoms with Crippen LogP contribution in [0.5, 0.6) is 0 Å². The monoisotopic (exact) mass is 225 g/mol. The molecule has 4 nitrogen and oxygen atoms in total. The number of hydrogen-bond acceptors (Lipinski definition) is 3. The van der Waals surface area contributed by atoms with Crippen LogP contribution >= 0.6 is 0 Å². The van der Waals surface area contributed by atoms with Crippen LogP contribution in [-0.2, 0) is 4.79 Å². The molecule has 0 unspecified atom stereocenters. The first-order chi connectivity index (χ1) is 7.63. The van der Waals surface area contributed by atoms with Crippen LogP contribution in [0, 0.1) is 17.2 Å². The van der Waals surface area contributed by atoms with Gasteiger partial charge in [0.2, 0.25) is 5.91 Å². The number of nitrogens with zero attached hydrogens (tertiary/aromatic N) is 2. The molecule has 1 saturated heterocycles. The number of hydrogen-bond donors (Lipinski definition) is 1. The number of rotatable bonds is 1. The van der Waals surface area contributed by atoms with Gasteiger partial charge in [-0.2, -0.15) is 5.26 Å². The van der Waals surface area contributed by atoms with Gasteiger partial charge in [0.15, 0.2) is 0 Å². The van der Waals surface area contributed by atoms with E-state index >= 15 is 0 Å². The minimum atomic E-state index is -1.06. The summed E-state index contributed by atoms with van der Waals surface area (Å²) in [5.41, 5.74) is 5.84. The van der Waals surface area contributed by atoms with Gasteiger partial charge in [-0.3, -0.25) is 4.79 Å². The van der Waals surface area contributed by atoms with Gasteiger partial charge in [0.1, 0.15) is 12.2 Å². The van der Waals surface area contributed by atoms with Crippen molar-refractivity contribution in [1.29, 1.82) is 5.26 Å². The number of amides is 1. The van der Waals surface area contributed by atoms with Crippen molar-refractivity contribution in [1.82, 2.24) is 4.90 Å². The predicted molar refractivity (Wildman–Crippen MR) is 55.9 cm³/mol. The van der Waals surface area contributed by atoms with Crippen molar-refractivity contribution in [2.45, 2.75) is 43.9 Å². The Labute approximate surface area is 94.2 Å². The molecule has 0 aromatic carbocycles. The molecule has 16 heavy (non-hydrogen) atoms. The Morgan fingerprint density at radius 2 is 2.25 bits per heavy atom. The summed E-state index contributed by atoms with van der Waals surface area (Å²) in [5, 5.41) is 8.87. The molecule has 2 aliphatic rings. The summed E-state index contributed by atoms with van der Waals surface area (Å²) in [6.07, 6.45) is 1.64. The molecule has 4 atom stereocenters. The summed E-state index contributed by atoms with van der Waals surface area (Å²) in [5.74, 6) is -0.335. The third-order valence-electron chi connectivity index (χ3n) is 3.57. The summed E-state index contributed by atoms with van der Waals surface area (Å²) in [6.45, 7) is 0.0558. The molecule has 1 heterocycles. The fraction of sp³-hybridized carbons (Fsp3) is 0.818. The van der Waals surface area contributed by atoms with E-state index in [1.807, 2.05) is 6.07 Å². The van der Waals surface area contributed by atoms with E-state index in [4.69, 9.17) is 11.0 Å². The molecule has 0 spiro atoms. The van der Waals surface area contributed by atoms with Gasteiger partial charge >= 0.3 is 0 Å². The fourth-order valence-electron chi connectivity index (χ4n) is 2.66. The van der Waals surface area contributed by atoms with Gasteiger partial charge in [0.05, 0.1) is 18.5 Å². The minimum absolute atomic E-state index is 0.0558. The highest BCUT2D eigenvalue weighted by atomic mass is 19.1. The Balaban J connectivity index is 2.07. The van der Waals surface area contributed by atoms with Crippen molar-refractivity contribution in [2.75, 3.05) is 6.54 Å². The van der Waals surface area contributed by atoms with Crippen molar-refractivity contribution in [2.24, 2.45) is 11.7 Å². The average molecular weight is 225 g/mol. The van der Waals surface area contributed by atoms with E-state index in [1.54, 1.807) is 0 Å². The van der Waals surface area contributed by atoms with Crippen LogP contribution in [0.25, 0.3) is 0 Å². The Morgan fingerprint density at radius 1 is 1.50 bits per heavy atom. The summed E-state index contributed by atoms with van der Waals surface area (Å²) in [4.78, 5) is 13.5. The third kappa shape index (κ3) is 1.90. The minimum Gasteiger partial charge on any atom is -0.327 e. The maximum atomic E-state index is 13.2. The highest BCUT2D eigenvalue weighted by Gasteiger charge is 2.41. The molecule has 2 rings (SSSR count). The van der Waals surface area contributed by atoms with Gasteiger partial charge in [0, 0.05) is 12.5 Å². The number of carbonyl (C=O) groups is 1. The van der Waals surface area contributed by atoms with E-state index in [-0.39, 0.29) is 30.8 Å². The third-order valence-corrected chi connectivity index (χ3v) is 3.57. The second-order valence-electron chi connectivity index (χ2n) is 4.67. The maximum Gasteiger partial charge on any atom is 0.228 e. The molecule has 88 valence electrons. The fourth-order valence-corrected chi connectivity index (χ4v) is 2.66. The Bertz CT molecular complexity index is 328. The molecule has 2 N–H and O–H groups in total. The lowest BCUT2D eigenvalue weighted by molar-refractivity contribution is -0.135. The molecule has 0 bridgehead atoms. The van der Waals surface area contributed by atoms with E-state index in [0.717, 1.165) is 19.3 Å². The first-order valence-electron chi connectivity index (χ1n) is 5.73. The molecule has 0 radical (unpaired) electrons. The highest BCUT2D eigenvalue weighted by Crippen LogP contribution is 2.29. The largest absolute Gasteiger partial charge is 0.327 e. The number of alkyl halides is 1. The van der Waals surface area contributed by atoms with Gasteiger partial charge in [-0.1, -0.05) is 6.42 Å². The molecule has 1 aliphatic carbocycles. The van der Waals surface area contributed by atoms with Crippen LogP contribution in [0.15, 0.2) is 0 Å². The molecular formula is C11H16FN3O. The van der Waals surface area contributed by atoms with Crippen LogP contribution in [0.2, 0.25) is 0 Å². The first-order valence-corrected chi connectivity index (χ1v) is 5.73. The molecular weight excluding hydrogens is 209 g/mol. The smallest absolute Gasteiger partial charge is 0.228 e. The molecule has 2 fully saturated rings. The normalized spacial score (nSPS) is 38.7. The molecule has 0 aromatic rings. The van der Waals surface area contributed by atoms with E-state index in [9.17, 15) is 9.18 Å². The SMILES string of the molecule is N#C[C@@H]1C[C@H](F)CN1C(=O)[C@@H]1CCC[C@@H]1N. The van der Waals surface area contributed by atoms with Crippen LogP contribution in [-0.4, -0.2) is 35.6 Å². The molecule has 0 aromatic heterocycles. The Morgan fingerprint density at radius 3 is 2.81 bits per heavy atom. The van der Waals surface area contributed by atoms with Crippen molar-refractivity contribution >= 4 is 5.91 Å². The predicted octanol–water partition coefficient (Wildman–Crippen LogP) is 0.576.